The van der Waals surface area contributed by atoms with Gasteiger partial charge in [-0.15, -0.1) is 0 Å². The van der Waals surface area contributed by atoms with Crippen molar-refractivity contribution in [1.29, 1.82) is 0 Å². The number of fused-ring (bicyclic) bond motifs is 1. The normalized spacial score (nSPS) is 12.8. The van der Waals surface area contributed by atoms with E-state index >= 15 is 0 Å². The van der Waals surface area contributed by atoms with Crippen LogP contribution in [-0.2, 0) is 20.5 Å². The van der Waals surface area contributed by atoms with Crippen LogP contribution in [-0.4, -0.2) is 18.5 Å². The third-order valence-electron chi connectivity index (χ3n) is 4.22. The first-order valence-electron chi connectivity index (χ1n) is 9.02. The molecule has 0 spiro atoms. The van der Waals surface area contributed by atoms with Crippen molar-refractivity contribution in [2.75, 3.05) is 6.61 Å². The Labute approximate surface area is 170 Å². The molecule has 0 bridgehead atoms. The second kappa shape index (κ2) is 8.86. The molecule has 1 N–H and O–H groups in total. The van der Waals surface area contributed by atoms with Crippen molar-refractivity contribution in [3.05, 3.63) is 77.6 Å². The van der Waals surface area contributed by atoms with Gasteiger partial charge in [-0.25, -0.2) is 4.79 Å². The summed E-state index contributed by atoms with van der Waals surface area (Å²) in [6.07, 6.45) is -2.32. The van der Waals surface area contributed by atoms with E-state index in [-0.39, 0.29) is 5.56 Å². The summed E-state index contributed by atoms with van der Waals surface area (Å²) in [6, 6.07) is 13.3. The Hall–Kier alpha value is -3.55. The van der Waals surface area contributed by atoms with Crippen molar-refractivity contribution in [2.45, 2.75) is 19.1 Å². The molecule has 0 saturated carbocycles. The van der Waals surface area contributed by atoms with Gasteiger partial charge in [0.25, 0.3) is 5.91 Å². The molecule has 3 aromatic rings. The Morgan fingerprint density at radius 2 is 1.90 bits per heavy atom. The number of benzene rings is 2. The number of rotatable bonds is 6. The Morgan fingerprint density at radius 1 is 1.13 bits per heavy atom. The third-order valence-corrected chi connectivity index (χ3v) is 4.22. The lowest BCUT2D eigenvalue weighted by molar-refractivity contribution is -0.144. The minimum Gasteiger partial charge on any atom is -0.459 e. The molecule has 0 aliphatic rings. The van der Waals surface area contributed by atoms with Crippen molar-refractivity contribution in [2.24, 2.45) is 0 Å². The van der Waals surface area contributed by atoms with Crippen molar-refractivity contribution < 1.29 is 31.9 Å². The number of carbonyl (C=O) groups is 2. The van der Waals surface area contributed by atoms with E-state index in [9.17, 15) is 22.8 Å². The number of amides is 1. The van der Waals surface area contributed by atoms with E-state index in [1.54, 1.807) is 6.92 Å². The number of furan rings is 1. The smallest absolute Gasteiger partial charge is 0.416 e. The Kier molecular flexibility index (Phi) is 6.25. The second-order valence-corrected chi connectivity index (χ2v) is 6.54. The standard InChI is InChI=1S/C22H18F3NO4/c1-14(19-12-16-6-2-3-8-18(16)30-19)26-20(27)13-29-21(28)10-9-15-5-4-7-17(11-15)22(23,24)25/h2-12,14H,13H2,1H3,(H,26,27)/b10-9+/t14-/m0/s1. The molecule has 1 aromatic heterocycles. The number of nitrogens with one attached hydrogen (secondary N) is 1. The molecule has 0 saturated heterocycles. The first-order chi connectivity index (χ1) is 14.2. The van der Waals surface area contributed by atoms with Crippen molar-refractivity contribution in [3.63, 3.8) is 0 Å². The van der Waals surface area contributed by atoms with E-state index in [4.69, 9.17) is 9.15 Å². The third kappa shape index (κ3) is 5.50. The summed E-state index contributed by atoms with van der Waals surface area (Å²) in [5.41, 5.74) is 0.0569. The van der Waals surface area contributed by atoms with Gasteiger partial charge in [0.05, 0.1) is 11.6 Å². The summed E-state index contributed by atoms with van der Waals surface area (Å²) >= 11 is 0. The number of para-hydroxylation sites is 1. The number of ether oxygens (including phenoxy) is 1. The monoisotopic (exact) mass is 417 g/mol. The molecule has 0 radical (unpaired) electrons. The lowest BCUT2D eigenvalue weighted by atomic mass is 10.1. The van der Waals surface area contributed by atoms with E-state index in [1.807, 2.05) is 30.3 Å². The highest BCUT2D eigenvalue weighted by atomic mass is 19.4. The Balaban J connectivity index is 1.50. The highest BCUT2D eigenvalue weighted by molar-refractivity contribution is 5.89. The van der Waals surface area contributed by atoms with Gasteiger partial charge in [-0.1, -0.05) is 30.3 Å². The zero-order valence-corrected chi connectivity index (χ0v) is 15.9. The second-order valence-electron chi connectivity index (χ2n) is 6.54. The number of carbonyl (C=O) groups excluding carboxylic acids is 2. The molecule has 0 aliphatic carbocycles. The van der Waals surface area contributed by atoms with Crippen LogP contribution in [0.2, 0.25) is 0 Å². The molecule has 0 aliphatic heterocycles. The van der Waals surface area contributed by atoms with Gasteiger partial charge in [0, 0.05) is 11.5 Å². The molecular formula is C22H18F3NO4. The maximum Gasteiger partial charge on any atom is 0.416 e. The lowest BCUT2D eigenvalue weighted by Gasteiger charge is -2.11. The summed E-state index contributed by atoms with van der Waals surface area (Å²) in [6.45, 7) is 1.20. The van der Waals surface area contributed by atoms with Crippen LogP contribution in [0.3, 0.4) is 0 Å². The molecular weight excluding hydrogens is 399 g/mol. The van der Waals surface area contributed by atoms with Gasteiger partial charge in [-0.05, 0) is 42.8 Å². The molecule has 30 heavy (non-hydrogen) atoms. The first-order valence-corrected chi connectivity index (χ1v) is 9.02. The quantitative estimate of drug-likeness (QED) is 0.458. The zero-order valence-electron chi connectivity index (χ0n) is 15.9. The van der Waals surface area contributed by atoms with E-state index in [1.165, 1.54) is 18.2 Å². The predicted molar refractivity (Wildman–Crippen MR) is 104 cm³/mol. The van der Waals surface area contributed by atoms with Crippen LogP contribution >= 0.6 is 0 Å². The highest BCUT2D eigenvalue weighted by Gasteiger charge is 2.30. The average molecular weight is 417 g/mol. The average Bonchev–Trinajstić information content (AvgIpc) is 3.15. The summed E-state index contributed by atoms with van der Waals surface area (Å²) in [4.78, 5) is 23.7. The number of alkyl halides is 3. The zero-order chi connectivity index (χ0) is 21.7. The maximum atomic E-state index is 12.7. The fourth-order valence-electron chi connectivity index (χ4n) is 2.74. The summed E-state index contributed by atoms with van der Waals surface area (Å²) < 4.78 is 48.6. The van der Waals surface area contributed by atoms with Crippen LogP contribution in [0, 0.1) is 0 Å². The summed E-state index contributed by atoms with van der Waals surface area (Å²) in [7, 11) is 0. The summed E-state index contributed by atoms with van der Waals surface area (Å²) in [5, 5.41) is 3.55. The minimum absolute atomic E-state index is 0.185. The van der Waals surface area contributed by atoms with Gasteiger partial charge in [0.15, 0.2) is 6.61 Å². The molecule has 5 nitrogen and oxygen atoms in total. The SMILES string of the molecule is C[C@H](NC(=O)COC(=O)/C=C/c1cccc(C(F)(F)F)c1)c1cc2ccccc2o1. The number of hydrogen-bond acceptors (Lipinski definition) is 4. The molecule has 1 amide bonds. The van der Waals surface area contributed by atoms with Gasteiger partial charge in [-0.2, -0.15) is 13.2 Å². The van der Waals surface area contributed by atoms with Crippen molar-refractivity contribution in [1.82, 2.24) is 5.32 Å². The van der Waals surface area contributed by atoms with E-state index in [2.05, 4.69) is 5.32 Å². The highest BCUT2D eigenvalue weighted by Crippen LogP contribution is 2.29. The largest absolute Gasteiger partial charge is 0.459 e. The molecule has 8 heteroatoms. The molecule has 0 fully saturated rings. The minimum atomic E-state index is -4.47. The Bertz CT molecular complexity index is 1050. The number of halogens is 3. The first kappa shape index (κ1) is 21.2. The molecule has 156 valence electrons. The topological polar surface area (TPSA) is 68.5 Å². The van der Waals surface area contributed by atoms with Gasteiger partial charge in [-0.3, -0.25) is 4.79 Å². The molecule has 1 heterocycles. The van der Waals surface area contributed by atoms with Gasteiger partial charge >= 0.3 is 12.1 Å². The van der Waals surface area contributed by atoms with Gasteiger partial charge in [0.1, 0.15) is 11.3 Å². The van der Waals surface area contributed by atoms with Gasteiger partial charge < -0.3 is 14.5 Å². The number of hydrogen-bond donors (Lipinski definition) is 1. The predicted octanol–water partition coefficient (Wildman–Crippen LogP) is 4.89. The summed E-state index contributed by atoms with van der Waals surface area (Å²) in [5.74, 6) is -0.831. The van der Waals surface area contributed by atoms with Crippen molar-refractivity contribution >= 4 is 28.9 Å². The van der Waals surface area contributed by atoms with E-state index < -0.39 is 36.3 Å². The fraction of sp³-hybridized carbons (Fsp3) is 0.182. The van der Waals surface area contributed by atoms with Crippen LogP contribution < -0.4 is 5.32 Å². The van der Waals surface area contributed by atoms with Gasteiger partial charge in [0.2, 0.25) is 0 Å². The molecule has 3 rings (SSSR count). The van der Waals surface area contributed by atoms with Crippen LogP contribution in [0.25, 0.3) is 17.0 Å². The van der Waals surface area contributed by atoms with Crippen LogP contribution in [0.5, 0.6) is 0 Å². The molecule has 0 unspecified atom stereocenters. The molecule has 2 aromatic carbocycles. The maximum absolute atomic E-state index is 12.7. The van der Waals surface area contributed by atoms with Crippen LogP contribution in [0.15, 0.2) is 65.1 Å². The molecule has 1 atom stereocenters. The number of esters is 1. The van der Waals surface area contributed by atoms with Crippen LogP contribution in [0.4, 0.5) is 13.2 Å². The Morgan fingerprint density at radius 3 is 2.63 bits per heavy atom. The van der Waals surface area contributed by atoms with E-state index in [0.29, 0.717) is 11.3 Å². The van der Waals surface area contributed by atoms with Crippen molar-refractivity contribution in [3.8, 4) is 0 Å². The lowest BCUT2D eigenvalue weighted by Crippen LogP contribution is -2.30. The van der Waals surface area contributed by atoms with Crippen LogP contribution in [0.1, 0.15) is 29.9 Å². The fourth-order valence-corrected chi connectivity index (χ4v) is 2.74. The van der Waals surface area contributed by atoms with E-state index in [0.717, 1.165) is 23.6 Å².